The van der Waals surface area contributed by atoms with Crippen LogP contribution in [0.15, 0.2) is 71.6 Å². The van der Waals surface area contributed by atoms with Crippen molar-refractivity contribution >= 4 is 9.84 Å². The van der Waals surface area contributed by atoms with E-state index in [-0.39, 0.29) is 16.2 Å². The van der Waals surface area contributed by atoms with Gasteiger partial charge in [0.25, 0.3) is 0 Å². The minimum Gasteiger partial charge on any atom is -0.223 e. The van der Waals surface area contributed by atoms with E-state index in [4.69, 9.17) is 0 Å². The van der Waals surface area contributed by atoms with Crippen LogP contribution in [0.5, 0.6) is 0 Å². The third-order valence-corrected chi connectivity index (χ3v) is 6.05. The highest BCUT2D eigenvalue weighted by atomic mass is 32.2. The van der Waals surface area contributed by atoms with E-state index in [0.29, 0.717) is 5.56 Å². The van der Waals surface area contributed by atoms with Crippen molar-refractivity contribution in [3.63, 3.8) is 0 Å². The zero-order valence-corrected chi connectivity index (χ0v) is 15.8. The smallest absolute Gasteiger partial charge is 0.182 e. The Morgan fingerprint density at radius 1 is 0.852 bits per heavy atom. The van der Waals surface area contributed by atoms with Crippen LogP contribution < -0.4 is 0 Å². The lowest BCUT2D eigenvalue weighted by atomic mass is 10.1. The fraction of sp³-hybridized carbons (Fsp3) is 0.182. The van der Waals surface area contributed by atoms with Crippen molar-refractivity contribution in [2.24, 2.45) is 0 Å². The summed E-state index contributed by atoms with van der Waals surface area (Å²) in [7, 11) is -3.51. The van der Waals surface area contributed by atoms with Crippen molar-refractivity contribution in [1.29, 1.82) is 0 Å². The number of rotatable bonds is 6. The van der Waals surface area contributed by atoms with Crippen LogP contribution in [0.4, 0.5) is 8.78 Å². The molecule has 0 aromatic heterocycles. The quantitative estimate of drug-likeness (QED) is 0.556. The molecular weight excluding hydrogens is 366 g/mol. The Morgan fingerprint density at radius 2 is 1.56 bits per heavy atom. The topological polar surface area (TPSA) is 34.1 Å². The third-order valence-electron chi connectivity index (χ3n) is 4.34. The van der Waals surface area contributed by atoms with E-state index >= 15 is 0 Å². The standard InChI is InChI=1S/C22H20F2O2S/c1-2-4-16-5-3-6-17(13-16)15-27(25,26)20-10-7-18(8-11-20)21-12-9-19(23)14-22(21)24/h3,5-14H,2,4,15H2,1H3. The van der Waals surface area contributed by atoms with E-state index < -0.39 is 21.5 Å². The second kappa shape index (κ2) is 8.01. The van der Waals surface area contributed by atoms with Crippen molar-refractivity contribution in [3.8, 4) is 11.1 Å². The monoisotopic (exact) mass is 386 g/mol. The first-order valence-electron chi connectivity index (χ1n) is 8.75. The van der Waals surface area contributed by atoms with Gasteiger partial charge in [-0.15, -0.1) is 0 Å². The Balaban J connectivity index is 1.84. The molecule has 0 aliphatic heterocycles. The first-order chi connectivity index (χ1) is 12.9. The Kier molecular flexibility index (Phi) is 5.71. The van der Waals surface area contributed by atoms with Crippen LogP contribution >= 0.6 is 0 Å². The predicted octanol–water partition coefficient (Wildman–Crippen LogP) is 5.56. The fourth-order valence-electron chi connectivity index (χ4n) is 3.03. The lowest BCUT2D eigenvalue weighted by Crippen LogP contribution is -2.05. The molecule has 5 heteroatoms. The molecule has 0 heterocycles. The van der Waals surface area contributed by atoms with Gasteiger partial charge in [-0.25, -0.2) is 17.2 Å². The molecule has 0 saturated heterocycles. The lowest BCUT2D eigenvalue weighted by molar-refractivity contribution is 0.585. The summed E-state index contributed by atoms with van der Waals surface area (Å²) in [6, 6.07) is 16.9. The second-order valence-corrected chi connectivity index (χ2v) is 8.47. The maximum absolute atomic E-state index is 13.9. The molecule has 0 atom stereocenters. The predicted molar refractivity (Wildman–Crippen MR) is 103 cm³/mol. The number of hydrogen-bond donors (Lipinski definition) is 0. The lowest BCUT2D eigenvalue weighted by Gasteiger charge is -2.08. The first kappa shape index (κ1) is 19.2. The highest BCUT2D eigenvalue weighted by Crippen LogP contribution is 2.26. The Bertz CT molecular complexity index is 1040. The van der Waals surface area contributed by atoms with Gasteiger partial charge in [-0.2, -0.15) is 0 Å². The number of aryl methyl sites for hydroxylation is 1. The van der Waals surface area contributed by atoms with Gasteiger partial charge in [-0.1, -0.05) is 49.7 Å². The molecule has 0 spiro atoms. The SMILES string of the molecule is CCCc1cccc(CS(=O)(=O)c2ccc(-c3ccc(F)cc3F)cc2)c1. The molecule has 0 N–H and O–H groups in total. The van der Waals surface area contributed by atoms with Gasteiger partial charge in [-0.3, -0.25) is 0 Å². The molecule has 3 rings (SSSR count). The van der Waals surface area contributed by atoms with E-state index in [1.807, 2.05) is 18.2 Å². The summed E-state index contributed by atoms with van der Waals surface area (Å²) in [6.45, 7) is 2.08. The van der Waals surface area contributed by atoms with E-state index in [1.165, 1.54) is 36.4 Å². The molecule has 0 radical (unpaired) electrons. The van der Waals surface area contributed by atoms with Crippen molar-refractivity contribution in [1.82, 2.24) is 0 Å². The average Bonchev–Trinajstić information content (AvgIpc) is 2.62. The number of sulfone groups is 1. The van der Waals surface area contributed by atoms with Gasteiger partial charge in [0, 0.05) is 11.6 Å². The summed E-state index contributed by atoms with van der Waals surface area (Å²) in [5.74, 6) is -1.42. The minimum atomic E-state index is -3.51. The summed E-state index contributed by atoms with van der Waals surface area (Å²) >= 11 is 0. The summed E-state index contributed by atoms with van der Waals surface area (Å²) in [5, 5.41) is 0. The largest absolute Gasteiger partial charge is 0.223 e. The van der Waals surface area contributed by atoms with Gasteiger partial charge in [0.1, 0.15) is 11.6 Å². The molecule has 0 unspecified atom stereocenters. The Labute approximate surface area is 158 Å². The Hall–Kier alpha value is -2.53. The number of benzene rings is 3. The molecule has 27 heavy (non-hydrogen) atoms. The van der Waals surface area contributed by atoms with Crippen molar-refractivity contribution in [2.45, 2.75) is 30.4 Å². The van der Waals surface area contributed by atoms with Crippen LogP contribution in [0.3, 0.4) is 0 Å². The maximum atomic E-state index is 13.9. The summed E-state index contributed by atoms with van der Waals surface area (Å²) in [4.78, 5) is 0.176. The molecule has 3 aromatic rings. The highest BCUT2D eigenvalue weighted by Gasteiger charge is 2.16. The Morgan fingerprint density at radius 3 is 2.22 bits per heavy atom. The highest BCUT2D eigenvalue weighted by molar-refractivity contribution is 7.90. The molecule has 0 saturated carbocycles. The van der Waals surface area contributed by atoms with Gasteiger partial charge < -0.3 is 0 Å². The first-order valence-corrected chi connectivity index (χ1v) is 10.4. The summed E-state index contributed by atoms with van der Waals surface area (Å²) in [5.41, 5.74) is 2.59. The molecule has 2 nitrogen and oxygen atoms in total. The van der Waals surface area contributed by atoms with Crippen molar-refractivity contribution < 1.29 is 17.2 Å². The fourth-order valence-corrected chi connectivity index (χ4v) is 4.37. The summed E-state index contributed by atoms with van der Waals surface area (Å²) < 4.78 is 52.4. The van der Waals surface area contributed by atoms with E-state index in [2.05, 4.69) is 6.92 Å². The van der Waals surface area contributed by atoms with Crippen molar-refractivity contribution in [3.05, 3.63) is 89.5 Å². The minimum absolute atomic E-state index is 0.0885. The molecule has 0 bridgehead atoms. The van der Waals surface area contributed by atoms with Gasteiger partial charge in [0.15, 0.2) is 9.84 Å². The maximum Gasteiger partial charge on any atom is 0.182 e. The van der Waals surface area contributed by atoms with E-state index in [0.717, 1.165) is 30.0 Å². The average molecular weight is 386 g/mol. The van der Waals surface area contributed by atoms with Crippen molar-refractivity contribution in [2.75, 3.05) is 0 Å². The zero-order valence-electron chi connectivity index (χ0n) is 15.0. The van der Waals surface area contributed by atoms with Gasteiger partial charge in [-0.05, 0) is 47.4 Å². The molecule has 0 aliphatic carbocycles. The number of halogens is 2. The molecule has 0 aliphatic rings. The molecule has 140 valence electrons. The summed E-state index contributed by atoms with van der Waals surface area (Å²) in [6.07, 6.45) is 1.91. The zero-order chi connectivity index (χ0) is 19.4. The van der Waals surface area contributed by atoms with Gasteiger partial charge in [0.2, 0.25) is 0 Å². The van der Waals surface area contributed by atoms with Crippen LogP contribution in [0, 0.1) is 11.6 Å². The van der Waals surface area contributed by atoms with Crippen LogP contribution in [-0.2, 0) is 22.0 Å². The molecular formula is C22H20F2O2S. The van der Waals surface area contributed by atoms with Crippen LogP contribution in [-0.4, -0.2) is 8.42 Å². The van der Waals surface area contributed by atoms with Gasteiger partial charge in [0.05, 0.1) is 10.6 Å². The second-order valence-electron chi connectivity index (χ2n) is 6.48. The molecule has 3 aromatic carbocycles. The van der Waals surface area contributed by atoms with E-state index in [9.17, 15) is 17.2 Å². The van der Waals surface area contributed by atoms with Crippen LogP contribution in [0.2, 0.25) is 0 Å². The number of hydrogen-bond acceptors (Lipinski definition) is 2. The van der Waals surface area contributed by atoms with Crippen LogP contribution in [0.25, 0.3) is 11.1 Å². The van der Waals surface area contributed by atoms with E-state index in [1.54, 1.807) is 6.07 Å². The normalized spacial score (nSPS) is 11.5. The molecule has 0 fully saturated rings. The molecule has 0 amide bonds. The van der Waals surface area contributed by atoms with Gasteiger partial charge >= 0.3 is 0 Å². The van der Waals surface area contributed by atoms with Crippen LogP contribution in [0.1, 0.15) is 24.5 Å². The third kappa shape index (κ3) is 4.61.